The molecule has 2 amide bonds. The normalized spacial score (nSPS) is 21.2. The van der Waals surface area contributed by atoms with Crippen molar-refractivity contribution in [1.29, 1.82) is 0 Å². The van der Waals surface area contributed by atoms with E-state index in [4.69, 9.17) is 16.3 Å². The lowest BCUT2D eigenvalue weighted by Gasteiger charge is -2.32. The number of carbonyl (C=O) groups is 2. The van der Waals surface area contributed by atoms with Gasteiger partial charge in [-0.25, -0.2) is 0 Å². The first-order valence-electron chi connectivity index (χ1n) is 13.7. The second kappa shape index (κ2) is 10.9. The maximum absolute atomic E-state index is 13.8. The van der Waals surface area contributed by atoms with Crippen LogP contribution in [0, 0.1) is 11.8 Å². The van der Waals surface area contributed by atoms with Gasteiger partial charge in [-0.05, 0) is 55.0 Å². The van der Waals surface area contributed by atoms with E-state index in [0.29, 0.717) is 51.3 Å². The minimum absolute atomic E-state index is 0.0245. The van der Waals surface area contributed by atoms with Gasteiger partial charge in [-0.15, -0.1) is 0 Å². The Morgan fingerprint density at radius 1 is 1.15 bits per heavy atom. The molecule has 1 fully saturated rings. The molecule has 3 aliphatic rings. The van der Waals surface area contributed by atoms with Crippen LogP contribution < -0.4 is 10.1 Å². The van der Waals surface area contributed by atoms with Crippen molar-refractivity contribution in [2.75, 3.05) is 26.2 Å². The first-order chi connectivity index (χ1) is 19.0. The molecule has 7 nitrogen and oxygen atoms in total. The van der Waals surface area contributed by atoms with Gasteiger partial charge >= 0.3 is 0 Å². The average Bonchev–Trinajstić information content (AvgIpc) is 3.55. The first kappa shape index (κ1) is 25.7. The number of nitrogens with one attached hydrogen (secondary N) is 1. The predicted molar refractivity (Wildman–Crippen MR) is 152 cm³/mol. The molecular formula is C31H33ClN4O3. The number of hydrogen-bond acceptors (Lipinski definition) is 4. The molecule has 3 aromatic rings. The number of nitrogens with zero attached hydrogens (tertiary/aromatic N) is 3. The van der Waals surface area contributed by atoms with Crippen LogP contribution in [-0.2, 0) is 11.3 Å². The number of allylic oxidation sites excluding steroid dienone is 4. The average molecular weight is 545 g/mol. The molecule has 1 aromatic carbocycles. The second-order valence-electron chi connectivity index (χ2n) is 10.9. The molecule has 4 heterocycles. The van der Waals surface area contributed by atoms with Crippen LogP contribution in [0.15, 0.2) is 71.5 Å². The monoisotopic (exact) mass is 544 g/mol. The molecule has 8 heteroatoms. The van der Waals surface area contributed by atoms with Crippen molar-refractivity contribution < 1.29 is 14.3 Å². The number of carbonyl (C=O) groups excluding carboxylic acids is 2. The number of ether oxygens (including phenoxy) is 1. The largest absolute Gasteiger partial charge is 0.491 e. The SMILES string of the molecule is CC1CC(Cn2c(C(=O)N3CCC(C(=O)NCC4COc5cnccc54)CC3)cc3ccccc32)=CC=C1Cl. The number of likely N-dealkylation sites (tertiary alicyclic amines) is 1. The minimum Gasteiger partial charge on any atom is -0.491 e. The number of hydrogen-bond donors (Lipinski definition) is 1. The van der Waals surface area contributed by atoms with Gasteiger partial charge in [0.2, 0.25) is 5.91 Å². The van der Waals surface area contributed by atoms with Gasteiger partial charge in [0, 0.05) is 65.7 Å². The quantitative estimate of drug-likeness (QED) is 0.459. The van der Waals surface area contributed by atoms with Gasteiger partial charge in [0.15, 0.2) is 0 Å². The predicted octanol–water partition coefficient (Wildman–Crippen LogP) is 5.27. The van der Waals surface area contributed by atoms with Gasteiger partial charge in [-0.3, -0.25) is 14.6 Å². The summed E-state index contributed by atoms with van der Waals surface area (Å²) in [6, 6.07) is 12.1. The molecule has 2 atom stereocenters. The van der Waals surface area contributed by atoms with Gasteiger partial charge in [0.25, 0.3) is 5.91 Å². The fraction of sp³-hybridized carbons (Fsp3) is 0.387. The van der Waals surface area contributed by atoms with Crippen molar-refractivity contribution >= 4 is 34.3 Å². The number of rotatable bonds is 6. The van der Waals surface area contributed by atoms with E-state index >= 15 is 0 Å². The summed E-state index contributed by atoms with van der Waals surface area (Å²) in [5, 5.41) is 5.05. The van der Waals surface area contributed by atoms with Crippen molar-refractivity contribution in [3.05, 3.63) is 82.8 Å². The van der Waals surface area contributed by atoms with Crippen LogP contribution in [0.2, 0.25) is 0 Å². The van der Waals surface area contributed by atoms with Crippen molar-refractivity contribution in [1.82, 2.24) is 19.8 Å². The first-order valence-corrected chi connectivity index (χ1v) is 14.1. The number of piperidine rings is 1. The number of fused-ring (bicyclic) bond motifs is 2. The van der Waals surface area contributed by atoms with E-state index in [0.717, 1.165) is 33.7 Å². The summed E-state index contributed by atoms with van der Waals surface area (Å²) in [4.78, 5) is 32.7. The van der Waals surface area contributed by atoms with E-state index in [2.05, 4.69) is 40.0 Å². The Balaban J connectivity index is 1.10. The molecule has 2 aromatic heterocycles. The number of aromatic nitrogens is 2. The third-order valence-electron chi connectivity index (χ3n) is 8.28. The van der Waals surface area contributed by atoms with Crippen LogP contribution in [-0.4, -0.2) is 52.5 Å². The van der Waals surface area contributed by atoms with Crippen molar-refractivity contribution in [3.8, 4) is 5.75 Å². The van der Waals surface area contributed by atoms with Crippen LogP contribution in [0.5, 0.6) is 5.75 Å². The standard InChI is InChI=1S/C31H33ClN4O3/c1-20-14-21(6-7-26(20)32)18-36-27-5-3-2-4-23(27)15-28(36)31(38)35-12-9-22(10-13-35)30(37)34-16-24-19-39-29-17-33-11-8-25(24)29/h2-8,11,15,17,20,22,24H,9-10,12-14,16,18-19H2,1H3,(H,34,37). The Bertz CT molecular complexity index is 1470. The van der Waals surface area contributed by atoms with Gasteiger partial charge in [0.1, 0.15) is 11.4 Å². The zero-order valence-electron chi connectivity index (χ0n) is 22.1. The Hall–Kier alpha value is -3.58. The molecule has 2 aliphatic heterocycles. The lowest BCUT2D eigenvalue weighted by atomic mass is 9.95. The molecule has 1 saturated heterocycles. The highest BCUT2D eigenvalue weighted by Gasteiger charge is 2.31. The number of halogens is 1. The molecule has 6 rings (SSSR count). The zero-order valence-corrected chi connectivity index (χ0v) is 22.9. The Morgan fingerprint density at radius 3 is 2.79 bits per heavy atom. The maximum atomic E-state index is 13.8. The zero-order chi connectivity index (χ0) is 26.9. The van der Waals surface area contributed by atoms with Gasteiger partial charge in [-0.1, -0.05) is 42.8 Å². The Morgan fingerprint density at radius 2 is 1.97 bits per heavy atom. The van der Waals surface area contributed by atoms with E-state index < -0.39 is 0 Å². The van der Waals surface area contributed by atoms with Gasteiger partial charge < -0.3 is 19.5 Å². The summed E-state index contributed by atoms with van der Waals surface area (Å²) in [6.45, 7) is 5.02. The highest BCUT2D eigenvalue weighted by atomic mass is 35.5. The number of benzene rings is 1. The lowest BCUT2D eigenvalue weighted by molar-refractivity contribution is -0.126. The smallest absolute Gasteiger partial charge is 0.270 e. The van der Waals surface area contributed by atoms with Crippen LogP contribution in [0.3, 0.4) is 0 Å². The molecule has 0 saturated carbocycles. The van der Waals surface area contributed by atoms with Crippen molar-refractivity contribution in [3.63, 3.8) is 0 Å². The molecule has 39 heavy (non-hydrogen) atoms. The lowest BCUT2D eigenvalue weighted by Crippen LogP contribution is -2.44. The molecule has 0 spiro atoms. The summed E-state index contributed by atoms with van der Waals surface area (Å²) in [7, 11) is 0. The summed E-state index contributed by atoms with van der Waals surface area (Å²) in [6.07, 6.45) is 9.74. The van der Waals surface area contributed by atoms with Crippen LogP contribution in [0.1, 0.15) is 48.2 Å². The van der Waals surface area contributed by atoms with E-state index in [1.54, 1.807) is 12.4 Å². The Kier molecular flexibility index (Phi) is 7.17. The number of amides is 2. The summed E-state index contributed by atoms with van der Waals surface area (Å²) >= 11 is 6.31. The second-order valence-corrected chi connectivity index (χ2v) is 11.3. The van der Waals surface area contributed by atoms with Gasteiger partial charge in [-0.2, -0.15) is 0 Å². The third-order valence-corrected chi connectivity index (χ3v) is 8.78. The molecule has 0 radical (unpaired) electrons. The minimum atomic E-state index is -0.0930. The molecule has 1 aliphatic carbocycles. The number of pyridine rings is 1. The molecule has 0 bridgehead atoms. The molecule has 1 N–H and O–H groups in total. The summed E-state index contributed by atoms with van der Waals surface area (Å²) in [5.74, 6) is 1.22. The maximum Gasteiger partial charge on any atom is 0.270 e. The highest BCUT2D eigenvalue weighted by Crippen LogP contribution is 2.33. The van der Waals surface area contributed by atoms with E-state index in [1.807, 2.05) is 35.2 Å². The summed E-state index contributed by atoms with van der Waals surface area (Å²) < 4.78 is 7.83. The third kappa shape index (κ3) is 5.20. The highest BCUT2D eigenvalue weighted by molar-refractivity contribution is 6.30. The van der Waals surface area contributed by atoms with Crippen LogP contribution in [0.4, 0.5) is 0 Å². The Labute approximate surface area is 233 Å². The van der Waals surface area contributed by atoms with E-state index in [-0.39, 0.29) is 29.6 Å². The fourth-order valence-corrected chi connectivity index (χ4v) is 6.11. The van der Waals surface area contributed by atoms with E-state index in [1.165, 1.54) is 5.57 Å². The summed E-state index contributed by atoms with van der Waals surface area (Å²) in [5.41, 5.74) is 4.10. The van der Waals surface area contributed by atoms with Crippen LogP contribution in [0.25, 0.3) is 10.9 Å². The fourth-order valence-electron chi connectivity index (χ4n) is 5.97. The van der Waals surface area contributed by atoms with Crippen LogP contribution >= 0.6 is 11.6 Å². The number of para-hydroxylation sites is 1. The van der Waals surface area contributed by atoms with Crippen molar-refractivity contribution in [2.24, 2.45) is 11.8 Å². The topological polar surface area (TPSA) is 76.5 Å². The molecule has 202 valence electrons. The molecule has 2 unspecified atom stereocenters. The van der Waals surface area contributed by atoms with Gasteiger partial charge in [0.05, 0.1) is 12.8 Å². The molecular weight excluding hydrogens is 512 g/mol. The van der Waals surface area contributed by atoms with Crippen molar-refractivity contribution in [2.45, 2.75) is 38.6 Å². The van der Waals surface area contributed by atoms with E-state index in [9.17, 15) is 9.59 Å².